The van der Waals surface area contributed by atoms with Crippen molar-refractivity contribution in [2.24, 2.45) is 0 Å². The van der Waals surface area contributed by atoms with Crippen molar-refractivity contribution in [3.63, 3.8) is 0 Å². The molecule has 0 radical (unpaired) electrons. The summed E-state index contributed by atoms with van der Waals surface area (Å²) >= 11 is 0. The molecule has 2 nitrogen and oxygen atoms in total. The van der Waals surface area contributed by atoms with E-state index in [-0.39, 0.29) is 24.1 Å². The number of hydrogen-bond acceptors (Lipinski definition) is 2. The van der Waals surface area contributed by atoms with Crippen molar-refractivity contribution in [3.05, 3.63) is 90.0 Å². The Balaban J connectivity index is 2.13. The Hall–Kier alpha value is -2.07. The van der Waals surface area contributed by atoms with Crippen LogP contribution < -0.4 is 0 Å². The molecule has 0 aliphatic heterocycles. The lowest BCUT2D eigenvalue weighted by Crippen LogP contribution is -2.06. The average Bonchev–Trinajstić information content (AvgIpc) is 2.63. The molecule has 0 aliphatic rings. The topological polar surface area (TPSA) is 40.5 Å². The normalized spacial score (nSPS) is 10.9. The molecule has 3 rings (SSSR count). The van der Waals surface area contributed by atoms with E-state index in [0.717, 1.165) is 16.0 Å². The zero-order valence-corrected chi connectivity index (χ0v) is 13.5. The first-order valence-electron chi connectivity index (χ1n) is 7.51. The summed E-state index contributed by atoms with van der Waals surface area (Å²) in [5.41, 5.74) is 1.57. The quantitative estimate of drug-likeness (QED) is 0.702. The fourth-order valence-electron chi connectivity index (χ4n) is 2.55. The molecule has 116 valence electrons. The zero-order chi connectivity index (χ0) is 16.1. The minimum atomic E-state index is -0.230. The van der Waals surface area contributed by atoms with Gasteiger partial charge in [-0.25, -0.2) is 0 Å². The molecule has 0 aliphatic carbocycles. The molecule has 0 saturated carbocycles. The van der Waals surface area contributed by atoms with E-state index >= 15 is 0 Å². The Morgan fingerprint density at radius 1 is 0.565 bits per heavy atom. The van der Waals surface area contributed by atoms with E-state index in [0.29, 0.717) is 0 Å². The third-order valence-corrected chi connectivity index (χ3v) is 5.92. The molecule has 0 unspecified atom stereocenters. The second-order valence-electron chi connectivity index (χ2n) is 5.18. The standard InChI is InChI=1S/C20H19O2S/c21-14-16-11-12-20(13-17(16)15-22)23(18-7-3-1-4-8-18)19-9-5-2-6-10-19/h1-13,21-22H,14-15H2/q+1. The largest absolute Gasteiger partial charge is 0.392 e. The van der Waals surface area contributed by atoms with Gasteiger partial charge in [-0.2, -0.15) is 0 Å². The fourth-order valence-corrected chi connectivity index (χ4v) is 4.69. The smallest absolute Gasteiger partial charge is 0.166 e. The lowest BCUT2D eigenvalue weighted by Gasteiger charge is -2.10. The van der Waals surface area contributed by atoms with Gasteiger partial charge in [-0.15, -0.1) is 0 Å². The zero-order valence-electron chi connectivity index (χ0n) is 12.7. The third kappa shape index (κ3) is 3.48. The number of aliphatic hydroxyl groups is 2. The molecular formula is C20H19O2S+. The van der Waals surface area contributed by atoms with Crippen LogP contribution in [0.2, 0.25) is 0 Å². The van der Waals surface area contributed by atoms with Crippen molar-refractivity contribution >= 4 is 10.9 Å². The van der Waals surface area contributed by atoms with E-state index in [2.05, 4.69) is 24.3 Å². The van der Waals surface area contributed by atoms with Gasteiger partial charge in [0.1, 0.15) is 0 Å². The van der Waals surface area contributed by atoms with Crippen LogP contribution in [0.25, 0.3) is 0 Å². The van der Waals surface area contributed by atoms with Gasteiger partial charge in [-0.1, -0.05) is 42.5 Å². The fraction of sp³-hybridized carbons (Fsp3) is 0.100. The van der Waals surface area contributed by atoms with Crippen LogP contribution in [-0.4, -0.2) is 10.2 Å². The third-order valence-electron chi connectivity index (χ3n) is 3.71. The summed E-state index contributed by atoms with van der Waals surface area (Å²) < 4.78 is 0. The molecule has 3 aromatic rings. The Labute approximate surface area is 139 Å². The van der Waals surface area contributed by atoms with Crippen LogP contribution in [-0.2, 0) is 24.1 Å². The van der Waals surface area contributed by atoms with E-state index in [9.17, 15) is 10.2 Å². The molecular weight excluding hydrogens is 304 g/mol. The maximum atomic E-state index is 9.59. The first-order chi connectivity index (χ1) is 11.3. The van der Waals surface area contributed by atoms with E-state index in [1.54, 1.807) is 0 Å². The minimum absolute atomic E-state index is 0.0549. The maximum Gasteiger partial charge on any atom is 0.166 e. The van der Waals surface area contributed by atoms with Gasteiger partial charge in [-0.3, -0.25) is 0 Å². The molecule has 0 spiro atoms. The van der Waals surface area contributed by atoms with Gasteiger partial charge in [0.25, 0.3) is 0 Å². The molecule has 3 aromatic carbocycles. The van der Waals surface area contributed by atoms with Gasteiger partial charge in [-0.05, 0) is 47.5 Å². The lowest BCUT2D eigenvalue weighted by molar-refractivity contribution is 0.259. The highest BCUT2D eigenvalue weighted by Crippen LogP contribution is 2.32. The Bertz CT molecular complexity index is 718. The molecule has 0 bridgehead atoms. The summed E-state index contributed by atoms with van der Waals surface area (Å²) in [5, 5.41) is 19.0. The van der Waals surface area contributed by atoms with Gasteiger partial charge in [0.05, 0.1) is 24.1 Å². The monoisotopic (exact) mass is 323 g/mol. The van der Waals surface area contributed by atoms with E-state index in [1.807, 2.05) is 54.6 Å². The molecule has 0 heterocycles. The summed E-state index contributed by atoms with van der Waals surface area (Å²) in [6.45, 7) is -0.120. The molecule has 23 heavy (non-hydrogen) atoms. The molecule has 0 fully saturated rings. The van der Waals surface area contributed by atoms with E-state index < -0.39 is 0 Å². The molecule has 0 aromatic heterocycles. The second-order valence-corrected chi connectivity index (χ2v) is 7.21. The first-order valence-corrected chi connectivity index (χ1v) is 8.74. The first kappa shape index (κ1) is 15.8. The Morgan fingerprint density at radius 3 is 1.57 bits per heavy atom. The van der Waals surface area contributed by atoms with Crippen LogP contribution in [0, 0.1) is 0 Å². The molecule has 2 N–H and O–H groups in total. The SMILES string of the molecule is OCc1ccc([S+](c2ccccc2)c2ccccc2)cc1CO. The summed E-state index contributed by atoms with van der Waals surface area (Å²) in [7, 11) is -0.230. The number of aliphatic hydroxyl groups excluding tert-OH is 2. The number of hydrogen-bond donors (Lipinski definition) is 2. The van der Waals surface area contributed by atoms with Crippen LogP contribution in [0.4, 0.5) is 0 Å². The molecule has 3 heteroatoms. The molecule has 0 saturated heterocycles. The molecule has 0 atom stereocenters. The van der Waals surface area contributed by atoms with Crippen molar-refractivity contribution in [1.82, 2.24) is 0 Å². The Morgan fingerprint density at radius 2 is 1.09 bits per heavy atom. The second kappa shape index (κ2) is 7.47. The van der Waals surface area contributed by atoms with Gasteiger partial charge in [0, 0.05) is 0 Å². The predicted molar refractivity (Wildman–Crippen MR) is 93.3 cm³/mol. The lowest BCUT2D eigenvalue weighted by atomic mass is 10.1. The van der Waals surface area contributed by atoms with Crippen molar-refractivity contribution in [2.45, 2.75) is 27.9 Å². The highest BCUT2D eigenvalue weighted by molar-refractivity contribution is 7.97. The van der Waals surface area contributed by atoms with Gasteiger partial charge in [0.15, 0.2) is 14.7 Å². The van der Waals surface area contributed by atoms with Gasteiger partial charge < -0.3 is 10.2 Å². The van der Waals surface area contributed by atoms with Crippen molar-refractivity contribution in [3.8, 4) is 0 Å². The maximum absolute atomic E-state index is 9.59. The van der Waals surface area contributed by atoms with Crippen molar-refractivity contribution in [1.29, 1.82) is 0 Å². The Kier molecular flexibility index (Phi) is 5.13. The van der Waals surface area contributed by atoms with Crippen LogP contribution in [0.1, 0.15) is 11.1 Å². The van der Waals surface area contributed by atoms with Crippen molar-refractivity contribution in [2.75, 3.05) is 0 Å². The summed E-state index contributed by atoms with van der Waals surface area (Å²) in [6, 6.07) is 26.7. The highest BCUT2D eigenvalue weighted by Gasteiger charge is 2.28. The van der Waals surface area contributed by atoms with E-state index in [1.165, 1.54) is 9.79 Å². The highest BCUT2D eigenvalue weighted by atomic mass is 32.2. The van der Waals surface area contributed by atoms with Crippen LogP contribution in [0.15, 0.2) is 93.5 Å². The van der Waals surface area contributed by atoms with Crippen molar-refractivity contribution < 1.29 is 10.2 Å². The predicted octanol–water partition coefficient (Wildman–Crippen LogP) is 3.77. The van der Waals surface area contributed by atoms with Gasteiger partial charge >= 0.3 is 0 Å². The summed E-state index contributed by atoms with van der Waals surface area (Å²) in [6.07, 6.45) is 0. The summed E-state index contributed by atoms with van der Waals surface area (Å²) in [5.74, 6) is 0. The van der Waals surface area contributed by atoms with Gasteiger partial charge in [0.2, 0.25) is 0 Å². The summed E-state index contributed by atoms with van der Waals surface area (Å²) in [4.78, 5) is 3.61. The van der Waals surface area contributed by atoms with Crippen LogP contribution in [0.3, 0.4) is 0 Å². The van der Waals surface area contributed by atoms with Crippen LogP contribution >= 0.6 is 0 Å². The van der Waals surface area contributed by atoms with E-state index in [4.69, 9.17) is 0 Å². The minimum Gasteiger partial charge on any atom is -0.392 e. The number of benzene rings is 3. The molecule has 0 amide bonds. The average molecular weight is 323 g/mol. The number of rotatable bonds is 5. The van der Waals surface area contributed by atoms with Crippen LogP contribution in [0.5, 0.6) is 0 Å².